The average molecular weight is 313 g/mol. The zero-order valence-electron chi connectivity index (χ0n) is 12.2. The number of methoxy groups -OCH3 is 1. The minimum atomic E-state index is -0.220. The Morgan fingerprint density at radius 3 is 2.68 bits per heavy atom. The molecule has 0 bridgehead atoms. The van der Waals surface area contributed by atoms with Crippen LogP contribution in [-0.2, 0) is 7.05 Å². The van der Waals surface area contributed by atoms with Crippen LogP contribution in [0.4, 0.5) is 5.82 Å². The number of amides is 1. The SMILES string of the molecule is COc1cc(-c2ccccc2)sc1C(=O)Nc1ccn(C)n1. The first-order valence-electron chi connectivity index (χ1n) is 6.71. The molecule has 0 aliphatic rings. The van der Waals surface area contributed by atoms with Gasteiger partial charge in [-0.15, -0.1) is 11.3 Å². The molecule has 2 heterocycles. The highest BCUT2D eigenvalue weighted by Crippen LogP contribution is 2.36. The maximum absolute atomic E-state index is 12.4. The van der Waals surface area contributed by atoms with Crippen molar-refractivity contribution in [3.63, 3.8) is 0 Å². The maximum atomic E-state index is 12.4. The molecule has 0 radical (unpaired) electrons. The van der Waals surface area contributed by atoms with Gasteiger partial charge >= 0.3 is 0 Å². The molecular weight excluding hydrogens is 298 g/mol. The van der Waals surface area contributed by atoms with Crippen molar-refractivity contribution in [2.75, 3.05) is 12.4 Å². The molecule has 3 rings (SSSR count). The highest BCUT2D eigenvalue weighted by atomic mass is 32.1. The van der Waals surface area contributed by atoms with Crippen molar-refractivity contribution in [3.8, 4) is 16.2 Å². The van der Waals surface area contributed by atoms with E-state index in [-0.39, 0.29) is 5.91 Å². The van der Waals surface area contributed by atoms with Crippen LogP contribution in [0.1, 0.15) is 9.67 Å². The Kier molecular flexibility index (Phi) is 3.93. The van der Waals surface area contributed by atoms with Crippen LogP contribution in [0.2, 0.25) is 0 Å². The number of carbonyl (C=O) groups is 1. The lowest BCUT2D eigenvalue weighted by Crippen LogP contribution is -2.11. The number of anilines is 1. The molecule has 6 heteroatoms. The van der Waals surface area contributed by atoms with Gasteiger partial charge in [0.2, 0.25) is 0 Å². The molecule has 1 N–H and O–H groups in total. The van der Waals surface area contributed by atoms with Crippen LogP contribution in [0.5, 0.6) is 5.75 Å². The van der Waals surface area contributed by atoms with Crippen LogP contribution in [0.25, 0.3) is 10.4 Å². The summed E-state index contributed by atoms with van der Waals surface area (Å²) in [4.78, 5) is 13.9. The first-order chi connectivity index (χ1) is 10.7. The van der Waals surface area contributed by atoms with Gasteiger partial charge in [0, 0.05) is 24.2 Å². The predicted octanol–water partition coefficient (Wildman–Crippen LogP) is 3.41. The van der Waals surface area contributed by atoms with E-state index in [1.165, 1.54) is 11.3 Å². The lowest BCUT2D eigenvalue weighted by molar-refractivity contribution is 0.102. The molecule has 0 aliphatic heterocycles. The van der Waals surface area contributed by atoms with Crippen molar-refractivity contribution in [1.29, 1.82) is 0 Å². The molecule has 0 aliphatic carbocycles. The lowest BCUT2D eigenvalue weighted by atomic mass is 10.2. The highest BCUT2D eigenvalue weighted by molar-refractivity contribution is 7.17. The molecule has 0 saturated heterocycles. The molecule has 5 nitrogen and oxygen atoms in total. The second-order valence-electron chi connectivity index (χ2n) is 4.70. The van der Waals surface area contributed by atoms with E-state index in [0.29, 0.717) is 16.4 Å². The maximum Gasteiger partial charge on any atom is 0.270 e. The van der Waals surface area contributed by atoms with E-state index < -0.39 is 0 Å². The normalized spacial score (nSPS) is 10.5. The van der Waals surface area contributed by atoms with Gasteiger partial charge in [-0.3, -0.25) is 9.48 Å². The summed E-state index contributed by atoms with van der Waals surface area (Å²) in [5.41, 5.74) is 1.06. The third-order valence-electron chi connectivity index (χ3n) is 3.14. The fourth-order valence-electron chi connectivity index (χ4n) is 2.08. The number of hydrogen-bond acceptors (Lipinski definition) is 4. The molecule has 3 aromatic rings. The van der Waals surface area contributed by atoms with Gasteiger partial charge in [0.05, 0.1) is 7.11 Å². The molecular formula is C16H15N3O2S. The van der Waals surface area contributed by atoms with Crippen molar-refractivity contribution < 1.29 is 9.53 Å². The Labute approximate surface area is 132 Å². The topological polar surface area (TPSA) is 56.1 Å². The quantitative estimate of drug-likeness (QED) is 0.803. The lowest BCUT2D eigenvalue weighted by Gasteiger charge is -2.02. The first-order valence-corrected chi connectivity index (χ1v) is 7.53. The van der Waals surface area contributed by atoms with Crippen molar-refractivity contribution in [2.24, 2.45) is 7.05 Å². The number of aromatic nitrogens is 2. The number of benzene rings is 1. The van der Waals surface area contributed by atoms with Gasteiger partial charge in [-0.2, -0.15) is 5.10 Å². The number of nitrogens with zero attached hydrogens (tertiary/aromatic N) is 2. The monoisotopic (exact) mass is 313 g/mol. The molecule has 0 fully saturated rings. The van der Waals surface area contributed by atoms with E-state index in [2.05, 4.69) is 10.4 Å². The summed E-state index contributed by atoms with van der Waals surface area (Å²) in [7, 11) is 3.36. The van der Waals surface area contributed by atoms with E-state index in [4.69, 9.17) is 4.74 Å². The summed E-state index contributed by atoms with van der Waals surface area (Å²) in [6.07, 6.45) is 1.77. The van der Waals surface area contributed by atoms with Crippen LogP contribution in [-0.4, -0.2) is 22.8 Å². The minimum absolute atomic E-state index is 0.220. The fourth-order valence-corrected chi connectivity index (χ4v) is 3.11. The fraction of sp³-hybridized carbons (Fsp3) is 0.125. The Balaban J connectivity index is 1.89. The Morgan fingerprint density at radius 1 is 1.27 bits per heavy atom. The van der Waals surface area contributed by atoms with E-state index in [1.807, 2.05) is 36.4 Å². The van der Waals surface area contributed by atoms with E-state index >= 15 is 0 Å². The number of carbonyl (C=O) groups excluding carboxylic acids is 1. The molecule has 1 aromatic carbocycles. The number of thiophene rings is 1. The molecule has 22 heavy (non-hydrogen) atoms. The standard InChI is InChI=1S/C16H15N3O2S/c1-19-9-8-14(18-19)17-16(20)15-12(21-2)10-13(22-15)11-6-4-3-5-7-11/h3-10H,1-2H3,(H,17,18,20). The number of aryl methyl sites for hydroxylation is 1. The van der Waals surface area contributed by atoms with Crippen molar-refractivity contribution in [3.05, 3.63) is 53.5 Å². The van der Waals surface area contributed by atoms with Crippen molar-refractivity contribution >= 4 is 23.1 Å². The van der Waals surface area contributed by atoms with E-state index in [1.54, 1.807) is 31.1 Å². The van der Waals surface area contributed by atoms with Crippen LogP contribution in [0, 0.1) is 0 Å². The Hall–Kier alpha value is -2.60. The Bertz CT molecular complexity index is 793. The van der Waals surface area contributed by atoms with Gasteiger partial charge in [-0.05, 0) is 11.6 Å². The summed E-state index contributed by atoms with van der Waals surface area (Å²) in [5.74, 6) is 0.865. The van der Waals surface area contributed by atoms with Gasteiger partial charge < -0.3 is 10.1 Å². The van der Waals surface area contributed by atoms with Gasteiger partial charge in [-0.1, -0.05) is 30.3 Å². The minimum Gasteiger partial charge on any atom is -0.495 e. The van der Waals surface area contributed by atoms with Gasteiger partial charge in [0.25, 0.3) is 5.91 Å². The van der Waals surface area contributed by atoms with E-state index in [9.17, 15) is 4.79 Å². The molecule has 0 spiro atoms. The van der Waals surface area contributed by atoms with Crippen molar-refractivity contribution in [2.45, 2.75) is 0 Å². The molecule has 112 valence electrons. The number of hydrogen-bond donors (Lipinski definition) is 1. The third-order valence-corrected chi connectivity index (χ3v) is 4.30. The van der Waals surface area contributed by atoms with E-state index in [0.717, 1.165) is 10.4 Å². The van der Waals surface area contributed by atoms with Gasteiger partial charge in [0.15, 0.2) is 5.82 Å². The largest absolute Gasteiger partial charge is 0.495 e. The zero-order valence-corrected chi connectivity index (χ0v) is 13.1. The predicted molar refractivity (Wildman–Crippen MR) is 87.5 cm³/mol. The molecule has 0 unspecified atom stereocenters. The summed E-state index contributed by atoms with van der Waals surface area (Å²) >= 11 is 1.40. The van der Waals surface area contributed by atoms with Crippen LogP contribution < -0.4 is 10.1 Å². The second kappa shape index (κ2) is 6.03. The zero-order chi connectivity index (χ0) is 15.5. The summed E-state index contributed by atoms with van der Waals surface area (Å²) < 4.78 is 6.97. The van der Waals surface area contributed by atoms with Crippen LogP contribution in [0.3, 0.4) is 0 Å². The number of nitrogens with one attached hydrogen (secondary N) is 1. The molecule has 2 aromatic heterocycles. The first kappa shape index (κ1) is 14.3. The average Bonchev–Trinajstić information content (AvgIpc) is 3.14. The molecule has 0 saturated carbocycles. The summed E-state index contributed by atoms with van der Waals surface area (Å²) in [5, 5.41) is 6.92. The summed E-state index contributed by atoms with van der Waals surface area (Å²) in [6.45, 7) is 0. The summed E-state index contributed by atoms with van der Waals surface area (Å²) in [6, 6.07) is 13.5. The Morgan fingerprint density at radius 2 is 2.05 bits per heavy atom. The molecule has 0 atom stereocenters. The highest BCUT2D eigenvalue weighted by Gasteiger charge is 2.18. The third kappa shape index (κ3) is 2.87. The van der Waals surface area contributed by atoms with Crippen LogP contribution >= 0.6 is 11.3 Å². The van der Waals surface area contributed by atoms with Gasteiger partial charge in [-0.25, -0.2) is 0 Å². The number of ether oxygens (including phenoxy) is 1. The van der Waals surface area contributed by atoms with Crippen LogP contribution in [0.15, 0.2) is 48.7 Å². The smallest absolute Gasteiger partial charge is 0.270 e. The number of rotatable bonds is 4. The van der Waals surface area contributed by atoms with Gasteiger partial charge in [0.1, 0.15) is 10.6 Å². The van der Waals surface area contributed by atoms with Crippen molar-refractivity contribution in [1.82, 2.24) is 9.78 Å². The second-order valence-corrected chi connectivity index (χ2v) is 5.76. The molecule has 1 amide bonds.